The molecule has 0 fully saturated rings. The molecule has 1 aliphatic carbocycles. The van der Waals surface area contributed by atoms with Gasteiger partial charge < -0.3 is 10.3 Å². The van der Waals surface area contributed by atoms with Gasteiger partial charge in [0, 0.05) is 16.3 Å². The van der Waals surface area contributed by atoms with E-state index >= 15 is 0 Å². The molecule has 50 heavy (non-hydrogen) atoms. The van der Waals surface area contributed by atoms with E-state index in [4.69, 9.17) is 15.7 Å². The molecule has 0 saturated carbocycles. The van der Waals surface area contributed by atoms with Gasteiger partial charge in [-0.25, -0.2) is 9.98 Å². The number of rotatable bonds is 7. The SMILES string of the molecule is NC(=NC(N=Cn1c2ccccc2c2c3c(ccc21)C(c1ccccc1)(c1ccccc1)c1ccccc1-3)c1ccccc1)c1ccccc1. The van der Waals surface area contributed by atoms with Crippen LogP contribution in [-0.4, -0.2) is 16.7 Å². The van der Waals surface area contributed by atoms with E-state index in [0.29, 0.717) is 5.84 Å². The maximum atomic E-state index is 6.56. The number of aliphatic imine (C=N–C) groups is 2. The van der Waals surface area contributed by atoms with Gasteiger partial charge in [0.05, 0.1) is 22.8 Å². The first-order valence-electron chi connectivity index (χ1n) is 17.0. The molecule has 4 nitrogen and oxygen atoms in total. The van der Waals surface area contributed by atoms with Crippen LogP contribution in [0.25, 0.3) is 32.9 Å². The molecule has 1 aromatic heterocycles. The van der Waals surface area contributed by atoms with Crippen LogP contribution < -0.4 is 5.73 Å². The molecule has 0 aliphatic heterocycles. The standard InChI is InChI=1S/C46H34N4/c47-44(32-17-5-1-6-18-32)49-45(33-19-7-2-8-20-33)48-31-50-40-28-16-14-26-37(40)43-41(50)30-29-39-42(43)36-25-13-15-27-38(36)46(39,34-21-9-3-10-22-34)35-23-11-4-12-24-35/h1-31,45H,(H2,47,49). The minimum absolute atomic E-state index is 0.450. The summed E-state index contributed by atoms with van der Waals surface area (Å²) in [4.78, 5) is 10.1. The summed E-state index contributed by atoms with van der Waals surface area (Å²) in [6.07, 6.45) is 1.41. The van der Waals surface area contributed by atoms with Gasteiger partial charge in [-0.05, 0) is 51.1 Å². The number of nitrogens with zero attached hydrogens (tertiary/aromatic N) is 3. The van der Waals surface area contributed by atoms with E-state index in [-0.39, 0.29) is 0 Å². The van der Waals surface area contributed by atoms with Gasteiger partial charge >= 0.3 is 0 Å². The summed E-state index contributed by atoms with van der Waals surface area (Å²) in [7, 11) is 0. The fourth-order valence-corrected chi connectivity index (χ4v) is 7.91. The maximum absolute atomic E-state index is 6.56. The van der Waals surface area contributed by atoms with Crippen LogP contribution in [0.4, 0.5) is 0 Å². The zero-order valence-corrected chi connectivity index (χ0v) is 27.4. The van der Waals surface area contributed by atoms with Gasteiger partial charge in [-0.1, -0.05) is 170 Å². The summed E-state index contributed by atoms with van der Waals surface area (Å²) in [5.74, 6) is 0.450. The molecule has 0 saturated heterocycles. The van der Waals surface area contributed by atoms with Crippen molar-refractivity contribution >= 4 is 34.0 Å². The predicted octanol–water partition coefficient (Wildman–Crippen LogP) is 10.1. The van der Waals surface area contributed by atoms with Crippen LogP contribution in [-0.2, 0) is 5.41 Å². The van der Waals surface area contributed by atoms with Crippen molar-refractivity contribution in [2.75, 3.05) is 0 Å². The lowest BCUT2D eigenvalue weighted by atomic mass is 9.67. The van der Waals surface area contributed by atoms with E-state index in [1.807, 2.05) is 67.0 Å². The molecule has 0 radical (unpaired) electrons. The Labute approximate surface area is 291 Å². The Morgan fingerprint density at radius 1 is 0.560 bits per heavy atom. The minimum Gasteiger partial charge on any atom is -0.383 e. The van der Waals surface area contributed by atoms with Crippen LogP contribution >= 0.6 is 0 Å². The monoisotopic (exact) mass is 642 g/mol. The van der Waals surface area contributed by atoms with Gasteiger partial charge in [-0.2, -0.15) is 0 Å². The Morgan fingerprint density at radius 2 is 1.14 bits per heavy atom. The minimum atomic E-state index is -0.522. The molecule has 9 rings (SSSR count). The number of amidine groups is 1. The molecule has 8 aromatic rings. The van der Waals surface area contributed by atoms with Crippen LogP contribution in [0.3, 0.4) is 0 Å². The van der Waals surface area contributed by atoms with Gasteiger partial charge in [-0.3, -0.25) is 0 Å². The van der Waals surface area contributed by atoms with Crippen molar-refractivity contribution in [3.05, 3.63) is 215 Å². The summed E-state index contributed by atoms with van der Waals surface area (Å²) < 4.78 is 2.21. The lowest BCUT2D eigenvalue weighted by Gasteiger charge is -2.33. The molecule has 0 spiro atoms. The largest absolute Gasteiger partial charge is 0.383 e. The van der Waals surface area contributed by atoms with Gasteiger partial charge in [-0.15, -0.1) is 0 Å². The van der Waals surface area contributed by atoms with Gasteiger partial charge in [0.2, 0.25) is 0 Å². The molecule has 1 atom stereocenters. The fraction of sp³-hybridized carbons (Fsp3) is 0.0435. The third kappa shape index (κ3) is 4.61. The molecule has 1 unspecified atom stereocenters. The Morgan fingerprint density at radius 3 is 1.84 bits per heavy atom. The van der Waals surface area contributed by atoms with Crippen molar-refractivity contribution in [1.82, 2.24) is 4.57 Å². The summed E-state index contributed by atoms with van der Waals surface area (Å²) >= 11 is 0. The van der Waals surface area contributed by atoms with Crippen molar-refractivity contribution in [3.8, 4) is 11.1 Å². The molecular weight excluding hydrogens is 609 g/mol. The number of para-hydroxylation sites is 1. The maximum Gasteiger partial charge on any atom is 0.169 e. The number of nitrogens with two attached hydrogens (primary N) is 1. The average molecular weight is 643 g/mol. The van der Waals surface area contributed by atoms with E-state index in [2.05, 4.69) is 126 Å². The van der Waals surface area contributed by atoms with Crippen molar-refractivity contribution in [3.63, 3.8) is 0 Å². The van der Waals surface area contributed by atoms with Crippen LogP contribution in [0.5, 0.6) is 0 Å². The topological polar surface area (TPSA) is 55.7 Å². The van der Waals surface area contributed by atoms with Crippen LogP contribution in [0, 0.1) is 0 Å². The highest BCUT2D eigenvalue weighted by atomic mass is 15.1. The lowest BCUT2D eigenvalue weighted by molar-refractivity contribution is 0.769. The van der Waals surface area contributed by atoms with E-state index < -0.39 is 11.6 Å². The van der Waals surface area contributed by atoms with E-state index in [1.54, 1.807) is 0 Å². The fourth-order valence-electron chi connectivity index (χ4n) is 7.91. The van der Waals surface area contributed by atoms with Crippen molar-refractivity contribution < 1.29 is 0 Å². The highest BCUT2D eigenvalue weighted by Crippen LogP contribution is 2.58. The molecular formula is C46H34N4. The third-order valence-corrected chi connectivity index (χ3v) is 10.0. The third-order valence-electron chi connectivity index (χ3n) is 10.0. The number of benzene rings is 7. The van der Waals surface area contributed by atoms with E-state index in [9.17, 15) is 0 Å². The van der Waals surface area contributed by atoms with Gasteiger partial charge in [0.1, 0.15) is 5.84 Å². The molecule has 1 heterocycles. The first-order chi connectivity index (χ1) is 24.7. The first-order valence-corrected chi connectivity index (χ1v) is 17.0. The molecule has 0 bridgehead atoms. The number of hydrogen-bond acceptors (Lipinski definition) is 2. The Hall–Kier alpha value is -6.52. The van der Waals surface area contributed by atoms with Crippen LogP contribution in [0.15, 0.2) is 192 Å². The van der Waals surface area contributed by atoms with E-state index in [0.717, 1.165) is 22.2 Å². The van der Waals surface area contributed by atoms with Gasteiger partial charge in [0.15, 0.2) is 6.17 Å². The van der Waals surface area contributed by atoms with Crippen molar-refractivity contribution in [1.29, 1.82) is 0 Å². The van der Waals surface area contributed by atoms with Crippen molar-refractivity contribution in [2.45, 2.75) is 11.6 Å². The second kappa shape index (κ2) is 12.2. The lowest BCUT2D eigenvalue weighted by Crippen LogP contribution is -2.28. The number of fused-ring (bicyclic) bond motifs is 7. The normalized spacial score (nSPS) is 14.2. The van der Waals surface area contributed by atoms with E-state index in [1.165, 1.54) is 44.2 Å². The Kier molecular flexibility index (Phi) is 7.21. The Balaban J connectivity index is 1.30. The molecule has 2 N–H and O–H groups in total. The second-order valence-corrected chi connectivity index (χ2v) is 12.7. The number of hydrogen-bond donors (Lipinski definition) is 1. The summed E-state index contributed by atoms with van der Waals surface area (Å²) in [5.41, 5.74) is 17.7. The quantitative estimate of drug-likeness (QED) is 0.137. The highest BCUT2D eigenvalue weighted by Gasteiger charge is 2.46. The zero-order chi connectivity index (χ0) is 33.5. The highest BCUT2D eigenvalue weighted by molar-refractivity contribution is 6.19. The second-order valence-electron chi connectivity index (χ2n) is 12.7. The molecule has 7 aromatic carbocycles. The molecule has 4 heteroatoms. The van der Waals surface area contributed by atoms with Crippen molar-refractivity contribution in [2.24, 2.45) is 15.7 Å². The molecule has 0 amide bonds. The summed E-state index contributed by atoms with van der Waals surface area (Å²) in [6.45, 7) is 0. The predicted molar refractivity (Wildman–Crippen MR) is 207 cm³/mol. The van der Waals surface area contributed by atoms with Gasteiger partial charge in [0.25, 0.3) is 0 Å². The zero-order valence-electron chi connectivity index (χ0n) is 27.4. The summed E-state index contributed by atoms with van der Waals surface area (Å²) in [6, 6.07) is 64.0. The number of aromatic nitrogens is 1. The first kappa shape index (κ1) is 29.6. The smallest absolute Gasteiger partial charge is 0.169 e. The molecule has 238 valence electrons. The van der Waals surface area contributed by atoms with Crippen LogP contribution in [0.1, 0.15) is 39.5 Å². The average Bonchev–Trinajstić information content (AvgIpc) is 3.68. The molecule has 1 aliphatic rings. The van der Waals surface area contributed by atoms with Crippen LogP contribution in [0.2, 0.25) is 0 Å². The Bertz CT molecular complexity index is 2490. The summed E-state index contributed by atoms with van der Waals surface area (Å²) in [5, 5.41) is 2.40.